The highest BCUT2D eigenvalue weighted by molar-refractivity contribution is 9.10. The molecule has 1 aromatic rings. The van der Waals surface area contributed by atoms with Gasteiger partial charge in [-0.2, -0.15) is 0 Å². The van der Waals surface area contributed by atoms with Crippen molar-refractivity contribution in [2.24, 2.45) is 0 Å². The summed E-state index contributed by atoms with van der Waals surface area (Å²) in [6.07, 6.45) is 0.839. The number of rotatable bonds is 1. The molecule has 1 fully saturated rings. The lowest BCUT2D eigenvalue weighted by Crippen LogP contribution is -2.35. The molecule has 1 aliphatic heterocycles. The van der Waals surface area contributed by atoms with Gasteiger partial charge in [-0.25, -0.2) is 4.39 Å². The van der Waals surface area contributed by atoms with Crippen LogP contribution < -0.4 is 0 Å². The van der Waals surface area contributed by atoms with Gasteiger partial charge in [-0.3, -0.25) is 4.79 Å². The molecule has 0 aromatic heterocycles. The largest absolute Gasteiger partial charge is 0.377 e. The van der Waals surface area contributed by atoms with E-state index in [1.165, 1.54) is 6.07 Å². The SMILES string of the molecule is CC1CN(C(=O)c2ccc(Br)c(F)c2)CCCO1. The van der Waals surface area contributed by atoms with E-state index in [1.54, 1.807) is 17.0 Å². The van der Waals surface area contributed by atoms with E-state index in [4.69, 9.17) is 4.74 Å². The predicted molar refractivity (Wildman–Crippen MR) is 70.0 cm³/mol. The molecule has 1 aliphatic rings. The van der Waals surface area contributed by atoms with Gasteiger partial charge in [0.05, 0.1) is 10.6 Å². The van der Waals surface area contributed by atoms with Gasteiger partial charge in [0.25, 0.3) is 5.91 Å². The Morgan fingerprint density at radius 2 is 2.33 bits per heavy atom. The maximum absolute atomic E-state index is 13.4. The van der Waals surface area contributed by atoms with Gasteiger partial charge in [0, 0.05) is 25.3 Å². The number of benzene rings is 1. The van der Waals surface area contributed by atoms with E-state index in [0.717, 1.165) is 6.42 Å². The van der Waals surface area contributed by atoms with Gasteiger partial charge in [0.15, 0.2) is 0 Å². The zero-order valence-corrected chi connectivity index (χ0v) is 11.7. The monoisotopic (exact) mass is 315 g/mol. The first kappa shape index (κ1) is 13.5. The molecule has 0 N–H and O–H groups in total. The minimum Gasteiger partial charge on any atom is -0.377 e. The Bertz CT molecular complexity index is 453. The van der Waals surface area contributed by atoms with Gasteiger partial charge in [0.2, 0.25) is 0 Å². The third-order valence-electron chi connectivity index (χ3n) is 2.91. The van der Waals surface area contributed by atoms with Crippen LogP contribution in [0.25, 0.3) is 0 Å². The number of hydrogen-bond acceptors (Lipinski definition) is 2. The lowest BCUT2D eigenvalue weighted by Gasteiger charge is -2.22. The fraction of sp³-hybridized carbons (Fsp3) is 0.462. The first-order valence-electron chi connectivity index (χ1n) is 5.94. The third kappa shape index (κ3) is 3.09. The Morgan fingerprint density at radius 3 is 3.06 bits per heavy atom. The van der Waals surface area contributed by atoms with Crippen LogP contribution in [0, 0.1) is 5.82 Å². The van der Waals surface area contributed by atoms with Crippen molar-refractivity contribution < 1.29 is 13.9 Å². The normalized spacial score (nSPS) is 20.6. The highest BCUT2D eigenvalue weighted by Crippen LogP contribution is 2.18. The zero-order valence-electron chi connectivity index (χ0n) is 10.2. The highest BCUT2D eigenvalue weighted by Gasteiger charge is 2.21. The summed E-state index contributed by atoms with van der Waals surface area (Å²) in [6.45, 7) is 3.81. The zero-order chi connectivity index (χ0) is 13.1. The summed E-state index contributed by atoms with van der Waals surface area (Å²) in [6, 6.07) is 4.45. The number of carbonyl (C=O) groups excluding carboxylic acids is 1. The lowest BCUT2D eigenvalue weighted by molar-refractivity contribution is 0.0562. The lowest BCUT2D eigenvalue weighted by atomic mass is 10.2. The third-order valence-corrected chi connectivity index (χ3v) is 3.55. The van der Waals surface area contributed by atoms with Gasteiger partial charge in [-0.05, 0) is 47.5 Å². The Kier molecular flexibility index (Phi) is 4.35. The number of carbonyl (C=O) groups is 1. The van der Waals surface area contributed by atoms with E-state index in [9.17, 15) is 9.18 Å². The molecule has 0 spiro atoms. The Morgan fingerprint density at radius 1 is 1.56 bits per heavy atom. The molecule has 0 bridgehead atoms. The van der Waals surface area contributed by atoms with Crippen molar-refractivity contribution in [3.05, 3.63) is 34.1 Å². The maximum atomic E-state index is 13.4. The van der Waals surface area contributed by atoms with Crippen molar-refractivity contribution >= 4 is 21.8 Å². The van der Waals surface area contributed by atoms with Gasteiger partial charge in [-0.1, -0.05) is 0 Å². The van der Waals surface area contributed by atoms with Crippen LogP contribution in [-0.4, -0.2) is 36.6 Å². The summed E-state index contributed by atoms with van der Waals surface area (Å²) < 4.78 is 19.3. The smallest absolute Gasteiger partial charge is 0.254 e. The quantitative estimate of drug-likeness (QED) is 0.797. The van der Waals surface area contributed by atoms with Crippen molar-refractivity contribution in [3.8, 4) is 0 Å². The van der Waals surface area contributed by atoms with Crippen molar-refractivity contribution in [3.63, 3.8) is 0 Å². The second-order valence-corrected chi connectivity index (χ2v) is 5.27. The van der Waals surface area contributed by atoms with Gasteiger partial charge < -0.3 is 9.64 Å². The average Bonchev–Trinajstić information content (AvgIpc) is 2.56. The minimum absolute atomic E-state index is 0.0248. The van der Waals surface area contributed by atoms with Crippen molar-refractivity contribution in [2.45, 2.75) is 19.4 Å². The molecule has 1 amide bonds. The summed E-state index contributed by atoms with van der Waals surface area (Å²) >= 11 is 3.08. The molecule has 3 nitrogen and oxygen atoms in total. The summed E-state index contributed by atoms with van der Waals surface area (Å²) in [5.41, 5.74) is 0.379. The number of hydrogen-bond donors (Lipinski definition) is 0. The molecule has 98 valence electrons. The summed E-state index contributed by atoms with van der Waals surface area (Å²) in [4.78, 5) is 14.0. The molecule has 18 heavy (non-hydrogen) atoms. The molecule has 1 atom stereocenters. The van der Waals surface area contributed by atoms with Crippen LogP contribution in [0.2, 0.25) is 0 Å². The molecule has 1 saturated heterocycles. The van der Waals surface area contributed by atoms with Crippen molar-refractivity contribution in [1.82, 2.24) is 4.90 Å². The number of amides is 1. The summed E-state index contributed by atoms with van der Waals surface area (Å²) in [5.74, 6) is -0.557. The van der Waals surface area contributed by atoms with E-state index in [0.29, 0.717) is 29.7 Å². The first-order valence-corrected chi connectivity index (χ1v) is 6.73. The van der Waals surface area contributed by atoms with Crippen LogP contribution in [-0.2, 0) is 4.74 Å². The van der Waals surface area contributed by atoms with E-state index in [2.05, 4.69) is 15.9 Å². The van der Waals surface area contributed by atoms with Crippen LogP contribution in [0.5, 0.6) is 0 Å². The van der Waals surface area contributed by atoms with Crippen LogP contribution in [0.15, 0.2) is 22.7 Å². The summed E-state index contributed by atoms with van der Waals surface area (Å²) in [7, 11) is 0. The molecule has 2 rings (SSSR count). The highest BCUT2D eigenvalue weighted by atomic mass is 79.9. The molecular weight excluding hydrogens is 301 g/mol. The Balaban J connectivity index is 2.16. The van der Waals surface area contributed by atoms with E-state index >= 15 is 0 Å². The second kappa shape index (κ2) is 5.80. The van der Waals surface area contributed by atoms with Crippen LogP contribution in [0.3, 0.4) is 0 Å². The fourth-order valence-electron chi connectivity index (χ4n) is 1.99. The van der Waals surface area contributed by atoms with E-state index in [-0.39, 0.29) is 12.0 Å². The molecule has 5 heteroatoms. The number of ether oxygens (including phenoxy) is 1. The molecule has 1 heterocycles. The van der Waals surface area contributed by atoms with E-state index in [1.807, 2.05) is 6.92 Å². The second-order valence-electron chi connectivity index (χ2n) is 4.42. The minimum atomic E-state index is -0.417. The average molecular weight is 316 g/mol. The summed E-state index contributed by atoms with van der Waals surface area (Å²) in [5, 5.41) is 0. The van der Waals surface area contributed by atoms with Gasteiger partial charge in [0.1, 0.15) is 5.82 Å². The Hall–Kier alpha value is -0.940. The molecule has 0 radical (unpaired) electrons. The standard InChI is InChI=1S/C13H15BrFNO2/c1-9-8-16(5-2-6-18-9)13(17)10-3-4-11(14)12(15)7-10/h3-4,7,9H,2,5-6,8H2,1H3. The van der Waals surface area contributed by atoms with Crippen molar-refractivity contribution in [1.29, 1.82) is 0 Å². The Labute approximate surface area is 114 Å². The van der Waals surface area contributed by atoms with Crippen LogP contribution >= 0.6 is 15.9 Å². The van der Waals surface area contributed by atoms with E-state index < -0.39 is 5.82 Å². The fourth-order valence-corrected chi connectivity index (χ4v) is 2.24. The van der Waals surface area contributed by atoms with Crippen LogP contribution in [0.1, 0.15) is 23.7 Å². The molecule has 1 unspecified atom stereocenters. The predicted octanol–water partition coefficient (Wildman–Crippen LogP) is 2.84. The van der Waals surface area contributed by atoms with Gasteiger partial charge >= 0.3 is 0 Å². The first-order chi connectivity index (χ1) is 8.58. The molecule has 0 saturated carbocycles. The number of halogens is 2. The molecule has 1 aromatic carbocycles. The molecule has 0 aliphatic carbocycles. The number of nitrogens with zero attached hydrogens (tertiary/aromatic N) is 1. The van der Waals surface area contributed by atoms with Crippen molar-refractivity contribution in [2.75, 3.05) is 19.7 Å². The topological polar surface area (TPSA) is 29.5 Å². The van der Waals surface area contributed by atoms with Crippen LogP contribution in [0.4, 0.5) is 4.39 Å². The molecular formula is C13H15BrFNO2. The maximum Gasteiger partial charge on any atom is 0.254 e. The van der Waals surface area contributed by atoms with Gasteiger partial charge in [-0.15, -0.1) is 0 Å².